The lowest BCUT2D eigenvalue weighted by Gasteiger charge is -1.91. The number of nitrogens with one attached hydrogen (secondary N) is 1. The molecule has 3 nitrogen and oxygen atoms in total. The van der Waals surface area contributed by atoms with Crippen molar-refractivity contribution in [3.8, 4) is 0 Å². The monoisotopic (exact) mass is 127 g/mol. The lowest BCUT2D eigenvalue weighted by atomic mass is 10.1. The van der Waals surface area contributed by atoms with Crippen molar-refractivity contribution in [3.63, 3.8) is 0 Å². The van der Waals surface area contributed by atoms with Crippen molar-refractivity contribution >= 4 is 17.3 Å². The van der Waals surface area contributed by atoms with E-state index in [4.69, 9.17) is 5.41 Å². The van der Waals surface area contributed by atoms with Crippen LogP contribution >= 0.6 is 0 Å². The van der Waals surface area contributed by atoms with Gasteiger partial charge < -0.3 is 0 Å². The van der Waals surface area contributed by atoms with E-state index >= 15 is 0 Å². The number of hydrogen-bond donors (Lipinski definition) is 1. The summed E-state index contributed by atoms with van der Waals surface area (Å²) in [5, 5.41) is 6.85. The van der Waals surface area contributed by atoms with Crippen molar-refractivity contribution in [1.29, 1.82) is 5.41 Å². The van der Waals surface area contributed by atoms with Gasteiger partial charge in [-0.3, -0.25) is 15.0 Å². The van der Waals surface area contributed by atoms with Crippen LogP contribution in [0.1, 0.15) is 20.3 Å². The van der Waals surface area contributed by atoms with Crippen LogP contribution in [0.3, 0.4) is 0 Å². The molecule has 0 aliphatic carbocycles. The summed E-state index contributed by atoms with van der Waals surface area (Å²) in [6, 6.07) is 0. The fraction of sp³-hybridized carbons (Fsp3) is 0.500. The minimum atomic E-state index is -0.457. The van der Waals surface area contributed by atoms with E-state index in [1.165, 1.54) is 6.92 Å². The first-order valence-corrected chi connectivity index (χ1v) is 2.72. The third-order valence-corrected chi connectivity index (χ3v) is 0.952. The van der Waals surface area contributed by atoms with Crippen LogP contribution < -0.4 is 0 Å². The molecule has 9 heavy (non-hydrogen) atoms. The highest BCUT2D eigenvalue weighted by Gasteiger charge is 2.10. The molecule has 0 aliphatic rings. The Hall–Kier alpha value is -0.990. The summed E-state index contributed by atoms with van der Waals surface area (Å²) < 4.78 is 0. The Morgan fingerprint density at radius 2 is 1.89 bits per heavy atom. The molecule has 0 aromatic carbocycles. The highest BCUT2D eigenvalue weighted by Crippen LogP contribution is 1.84. The molecule has 3 heteroatoms. The molecule has 0 radical (unpaired) electrons. The van der Waals surface area contributed by atoms with E-state index in [9.17, 15) is 9.59 Å². The van der Waals surface area contributed by atoms with Crippen LogP contribution in [0.5, 0.6) is 0 Å². The van der Waals surface area contributed by atoms with Crippen LogP contribution in [0.2, 0.25) is 0 Å². The number of ketones is 2. The molecule has 50 valence electrons. The smallest absolute Gasteiger partial charge is 0.183 e. The van der Waals surface area contributed by atoms with Gasteiger partial charge in [-0.25, -0.2) is 0 Å². The van der Waals surface area contributed by atoms with Crippen LogP contribution in [0.25, 0.3) is 0 Å². The molecule has 0 rings (SSSR count). The second-order valence-corrected chi connectivity index (χ2v) is 1.71. The molecule has 0 atom stereocenters. The molecular weight excluding hydrogens is 118 g/mol. The normalized spacial score (nSPS) is 8.67. The van der Waals surface area contributed by atoms with E-state index in [-0.39, 0.29) is 12.2 Å². The zero-order valence-corrected chi connectivity index (χ0v) is 5.52. The average Bonchev–Trinajstić information content (AvgIpc) is 1.84. The molecule has 0 heterocycles. The van der Waals surface area contributed by atoms with Gasteiger partial charge in [-0.1, -0.05) is 6.92 Å². The first-order chi connectivity index (χ1) is 4.09. The van der Waals surface area contributed by atoms with Gasteiger partial charge in [-0.15, -0.1) is 0 Å². The lowest BCUT2D eigenvalue weighted by Crippen LogP contribution is -2.19. The number of hydrogen-bond acceptors (Lipinski definition) is 3. The summed E-state index contributed by atoms with van der Waals surface area (Å²) in [6.07, 6.45) is 0.235. The van der Waals surface area contributed by atoms with Crippen molar-refractivity contribution in [2.24, 2.45) is 0 Å². The van der Waals surface area contributed by atoms with Crippen LogP contribution in [0.15, 0.2) is 0 Å². The summed E-state index contributed by atoms with van der Waals surface area (Å²) in [7, 11) is 0. The molecule has 1 N–H and O–H groups in total. The SMILES string of the molecule is CCC(=O)C(=N)C(C)=O. The molecule has 0 saturated carbocycles. The molecular formula is C6H9NO2. The Morgan fingerprint density at radius 3 is 2.00 bits per heavy atom. The van der Waals surface area contributed by atoms with Gasteiger partial charge in [0.05, 0.1) is 0 Å². The van der Waals surface area contributed by atoms with Gasteiger partial charge >= 0.3 is 0 Å². The Kier molecular flexibility index (Phi) is 2.78. The van der Waals surface area contributed by atoms with Crippen molar-refractivity contribution in [2.75, 3.05) is 0 Å². The summed E-state index contributed by atoms with van der Waals surface area (Å²) in [4.78, 5) is 20.8. The second kappa shape index (κ2) is 3.12. The minimum Gasteiger partial charge on any atom is -0.294 e. The Bertz CT molecular complexity index is 160. The lowest BCUT2D eigenvalue weighted by molar-refractivity contribution is -0.115. The summed E-state index contributed by atoms with van der Waals surface area (Å²) in [5.74, 6) is -0.843. The van der Waals surface area contributed by atoms with E-state index in [1.807, 2.05) is 0 Å². The predicted molar refractivity (Wildman–Crippen MR) is 33.7 cm³/mol. The molecule has 0 aromatic rings. The van der Waals surface area contributed by atoms with Crippen LogP contribution in [0, 0.1) is 5.41 Å². The Morgan fingerprint density at radius 1 is 1.44 bits per heavy atom. The molecule has 0 aliphatic heterocycles. The zero-order chi connectivity index (χ0) is 7.44. The van der Waals surface area contributed by atoms with Gasteiger partial charge in [0.1, 0.15) is 5.71 Å². The third-order valence-electron chi connectivity index (χ3n) is 0.952. The topological polar surface area (TPSA) is 58.0 Å². The third kappa shape index (κ3) is 2.17. The van der Waals surface area contributed by atoms with E-state index < -0.39 is 11.5 Å². The van der Waals surface area contributed by atoms with E-state index in [0.29, 0.717) is 0 Å². The Labute approximate surface area is 53.6 Å². The molecule has 0 aromatic heterocycles. The fourth-order valence-electron chi connectivity index (χ4n) is 0.373. The second-order valence-electron chi connectivity index (χ2n) is 1.71. The van der Waals surface area contributed by atoms with E-state index in [1.54, 1.807) is 6.92 Å². The van der Waals surface area contributed by atoms with Gasteiger partial charge in [0.15, 0.2) is 11.6 Å². The number of rotatable bonds is 3. The fourth-order valence-corrected chi connectivity index (χ4v) is 0.373. The van der Waals surface area contributed by atoms with Gasteiger partial charge in [-0.2, -0.15) is 0 Å². The molecule has 0 saturated heterocycles. The highest BCUT2D eigenvalue weighted by molar-refractivity contribution is 6.64. The summed E-state index contributed by atoms with van der Waals surface area (Å²) >= 11 is 0. The molecule has 0 fully saturated rings. The van der Waals surface area contributed by atoms with Crippen LogP contribution in [-0.2, 0) is 9.59 Å². The average molecular weight is 127 g/mol. The maximum Gasteiger partial charge on any atom is 0.183 e. The number of carbonyl (C=O) groups excluding carboxylic acids is 2. The van der Waals surface area contributed by atoms with Crippen LogP contribution in [0.4, 0.5) is 0 Å². The van der Waals surface area contributed by atoms with Gasteiger partial charge in [-0.05, 0) is 0 Å². The van der Waals surface area contributed by atoms with Crippen molar-refractivity contribution < 1.29 is 9.59 Å². The predicted octanol–water partition coefficient (Wildman–Crippen LogP) is 0.574. The molecule has 0 spiro atoms. The van der Waals surface area contributed by atoms with E-state index in [0.717, 1.165) is 0 Å². The van der Waals surface area contributed by atoms with Gasteiger partial charge in [0.25, 0.3) is 0 Å². The van der Waals surface area contributed by atoms with E-state index in [2.05, 4.69) is 0 Å². The molecule has 0 unspecified atom stereocenters. The first kappa shape index (κ1) is 8.01. The van der Waals surface area contributed by atoms with Crippen LogP contribution in [-0.4, -0.2) is 17.3 Å². The number of Topliss-reactive ketones (excluding diaryl/α,β-unsaturated/α-hetero) is 2. The summed E-state index contributed by atoms with van der Waals surface area (Å²) in [5.41, 5.74) is -0.391. The van der Waals surface area contributed by atoms with Crippen molar-refractivity contribution in [2.45, 2.75) is 20.3 Å². The maximum atomic E-state index is 10.5. The largest absolute Gasteiger partial charge is 0.294 e. The minimum absolute atomic E-state index is 0.235. The molecule has 0 amide bonds. The zero-order valence-electron chi connectivity index (χ0n) is 5.52. The van der Waals surface area contributed by atoms with Gasteiger partial charge in [0, 0.05) is 13.3 Å². The maximum absolute atomic E-state index is 10.5. The standard InChI is InChI=1S/C6H9NO2/c1-3-5(9)6(7)4(2)8/h7H,3H2,1-2H3. The summed E-state index contributed by atoms with van der Waals surface area (Å²) in [6.45, 7) is 2.84. The van der Waals surface area contributed by atoms with Crippen molar-refractivity contribution in [1.82, 2.24) is 0 Å². The van der Waals surface area contributed by atoms with Crippen molar-refractivity contribution in [3.05, 3.63) is 0 Å². The first-order valence-electron chi connectivity index (χ1n) is 2.72. The highest BCUT2D eigenvalue weighted by atomic mass is 16.1. The number of carbonyl (C=O) groups is 2. The molecule has 0 bridgehead atoms. The Balaban J connectivity index is 4.05. The quantitative estimate of drug-likeness (QED) is 0.445. The van der Waals surface area contributed by atoms with Gasteiger partial charge in [0.2, 0.25) is 0 Å².